The molecule has 5 heteroatoms. The van der Waals surface area contributed by atoms with Gasteiger partial charge < -0.3 is 5.73 Å². The number of nitrogens with one attached hydrogen (secondary N) is 1. The third kappa shape index (κ3) is 1.88. The summed E-state index contributed by atoms with van der Waals surface area (Å²) in [4.78, 5) is 10.8. The van der Waals surface area contributed by atoms with Crippen molar-refractivity contribution in [2.24, 2.45) is 5.10 Å². The van der Waals surface area contributed by atoms with Crippen molar-refractivity contribution >= 4 is 28.4 Å². The summed E-state index contributed by atoms with van der Waals surface area (Å²) in [6, 6.07) is 7.40. The van der Waals surface area contributed by atoms with Crippen LogP contribution in [-0.2, 0) is 4.79 Å². The summed E-state index contributed by atoms with van der Waals surface area (Å²) in [5.41, 5.74) is 9.70. The number of thioether (sulfide) groups is 1. The van der Waals surface area contributed by atoms with E-state index >= 15 is 0 Å². The molecule has 0 unspecified atom stereocenters. The number of hydrogen-bond donors (Lipinski definition) is 2. The second-order valence-electron chi connectivity index (χ2n) is 2.86. The maximum Gasteiger partial charge on any atom is 0.250 e. The third-order valence-electron chi connectivity index (χ3n) is 1.78. The minimum Gasteiger partial charge on any atom is -0.399 e. The van der Waals surface area contributed by atoms with Crippen molar-refractivity contribution in [1.29, 1.82) is 0 Å². The Hall–Kier alpha value is -1.49. The fourth-order valence-corrected chi connectivity index (χ4v) is 1.83. The standard InChI is InChI=1S/C9H9N3OS/c10-7-3-1-6(2-4-7)9-12-11-8(13)5-14-9/h1-4H,5,10H2,(H,11,13). The van der Waals surface area contributed by atoms with Crippen LogP contribution in [0.25, 0.3) is 0 Å². The number of amides is 1. The molecule has 4 nitrogen and oxygen atoms in total. The van der Waals surface area contributed by atoms with Crippen molar-refractivity contribution in [2.45, 2.75) is 0 Å². The topological polar surface area (TPSA) is 67.5 Å². The van der Waals surface area contributed by atoms with E-state index in [2.05, 4.69) is 10.5 Å². The van der Waals surface area contributed by atoms with Crippen LogP contribution in [0.15, 0.2) is 29.4 Å². The quantitative estimate of drug-likeness (QED) is 0.669. The van der Waals surface area contributed by atoms with E-state index in [4.69, 9.17) is 5.73 Å². The Morgan fingerprint density at radius 3 is 2.64 bits per heavy atom. The highest BCUT2D eigenvalue weighted by Crippen LogP contribution is 2.17. The molecule has 2 rings (SSSR count). The van der Waals surface area contributed by atoms with Crippen molar-refractivity contribution in [3.05, 3.63) is 29.8 Å². The van der Waals surface area contributed by atoms with Crippen LogP contribution in [0.3, 0.4) is 0 Å². The van der Waals surface area contributed by atoms with Crippen molar-refractivity contribution < 1.29 is 4.79 Å². The van der Waals surface area contributed by atoms with Gasteiger partial charge in [0.25, 0.3) is 5.91 Å². The average Bonchev–Trinajstić information content (AvgIpc) is 2.21. The van der Waals surface area contributed by atoms with E-state index in [0.29, 0.717) is 5.75 Å². The van der Waals surface area contributed by atoms with Gasteiger partial charge in [-0.25, -0.2) is 5.43 Å². The second kappa shape index (κ2) is 3.71. The van der Waals surface area contributed by atoms with Gasteiger partial charge in [-0.15, -0.1) is 0 Å². The maximum absolute atomic E-state index is 10.8. The lowest BCUT2D eigenvalue weighted by molar-refractivity contribution is -0.118. The Kier molecular flexibility index (Phi) is 2.41. The molecule has 1 aromatic carbocycles. The molecule has 1 aliphatic heterocycles. The number of nitrogens with two attached hydrogens (primary N) is 1. The molecule has 0 spiro atoms. The summed E-state index contributed by atoms with van der Waals surface area (Å²) in [5, 5.41) is 4.77. The van der Waals surface area contributed by atoms with Crippen LogP contribution in [-0.4, -0.2) is 16.7 Å². The van der Waals surface area contributed by atoms with Crippen LogP contribution in [0.4, 0.5) is 5.69 Å². The maximum atomic E-state index is 10.8. The van der Waals surface area contributed by atoms with E-state index in [-0.39, 0.29) is 5.91 Å². The van der Waals surface area contributed by atoms with Crippen molar-refractivity contribution in [3.8, 4) is 0 Å². The summed E-state index contributed by atoms with van der Waals surface area (Å²) in [6.07, 6.45) is 0. The Balaban J connectivity index is 2.23. The predicted octanol–water partition coefficient (Wildman–Crippen LogP) is 0.793. The molecule has 0 saturated heterocycles. The van der Waals surface area contributed by atoms with Crippen molar-refractivity contribution in [3.63, 3.8) is 0 Å². The van der Waals surface area contributed by atoms with Gasteiger partial charge in [-0.3, -0.25) is 4.79 Å². The molecule has 1 aliphatic rings. The van der Waals surface area contributed by atoms with Crippen LogP contribution < -0.4 is 11.2 Å². The number of nitrogen functional groups attached to an aromatic ring is 1. The monoisotopic (exact) mass is 207 g/mol. The van der Waals surface area contributed by atoms with E-state index in [1.807, 2.05) is 24.3 Å². The number of hydrogen-bond acceptors (Lipinski definition) is 4. The number of hydrazone groups is 1. The number of nitrogens with zero attached hydrogens (tertiary/aromatic N) is 1. The largest absolute Gasteiger partial charge is 0.399 e. The highest BCUT2D eigenvalue weighted by molar-refractivity contribution is 8.15. The Labute approximate surface area is 85.6 Å². The molecule has 1 heterocycles. The molecular weight excluding hydrogens is 198 g/mol. The zero-order valence-corrected chi connectivity index (χ0v) is 8.17. The minimum absolute atomic E-state index is 0.0609. The zero-order valence-electron chi connectivity index (χ0n) is 7.36. The molecule has 3 N–H and O–H groups in total. The number of carbonyl (C=O) groups is 1. The molecule has 0 fully saturated rings. The van der Waals surface area contributed by atoms with Gasteiger partial charge in [-0.2, -0.15) is 5.10 Å². The summed E-state index contributed by atoms with van der Waals surface area (Å²) < 4.78 is 0. The van der Waals surface area contributed by atoms with Crippen LogP contribution in [0.1, 0.15) is 5.56 Å². The molecular formula is C9H9N3OS. The number of rotatable bonds is 1. The molecule has 0 aliphatic carbocycles. The SMILES string of the molecule is Nc1ccc(C2=NNC(=O)CS2)cc1. The average molecular weight is 207 g/mol. The molecule has 0 atom stereocenters. The predicted molar refractivity (Wildman–Crippen MR) is 58.0 cm³/mol. The van der Waals surface area contributed by atoms with Gasteiger partial charge >= 0.3 is 0 Å². The Morgan fingerprint density at radius 1 is 1.36 bits per heavy atom. The minimum atomic E-state index is -0.0609. The Bertz CT molecular complexity index is 386. The van der Waals surface area contributed by atoms with E-state index < -0.39 is 0 Å². The van der Waals surface area contributed by atoms with E-state index in [0.717, 1.165) is 16.3 Å². The van der Waals surface area contributed by atoms with Crippen LogP contribution >= 0.6 is 11.8 Å². The first kappa shape index (κ1) is 9.08. The molecule has 0 radical (unpaired) electrons. The van der Waals surface area contributed by atoms with E-state index in [1.54, 1.807) is 0 Å². The van der Waals surface area contributed by atoms with Gasteiger partial charge in [-0.1, -0.05) is 23.9 Å². The second-order valence-corrected chi connectivity index (χ2v) is 3.83. The molecule has 0 bridgehead atoms. The van der Waals surface area contributed by atoms with Gasteiger partial charge in [0.05, 0.1) is 5.75 Å². The number of anilines is 1. The third-order valence-corrected chi connectivity index (χ3v) is 2.79. The van der Waals surface area contributed by atoms with Gasteiger partial charge in [0, 0.05) is 11.3 Å². The molecule has 1 aromatic rings. The first-order valence-electron chi connectivity index (χ1n) is 4.11. The van der Waals surface area contributed by atoms with Crippen LogP contribution in [0.2, 0.25) is 0 Å². The van der Waals surface area contributed by atoms with Gasteiger partial charge in [-0.05, 0) is 12.1 Å². The molecule has 14 heavy (non-hydrogen) atoms. The van der Waals surface area contributed by atoms with Crippen molar-refractivity contribution in [1.82, 2.24) is 5.43 Å². The highest BCUT2D eigenvalue weighted by Gasteiger charge is 2.13. The smallest absolute Gasteiger partial charge is 0.250 e. The van der Waals surface area contributed by atoms with E-state index in [9.17, 15) is 4.79 Å². The van der Waals surface area contributed by atoms with E-state index in [1.165, 1.54) is 11.8 Å². The normalized spacial score (nSPS) is 16.0. The summed E-state index contributed by atoms with van der Waals surface area (Å²) in [6.45, 7) is 0. The summed E-state index contributed by atoms with van der Waals surface area (Å²) in [7, 11) is 0. The van der Waals surface area contributed by atoms with Gasteiger partial charge in [0.2, 0.25) is 0 Å². The van der Waals surface area contributed by atoms with Crippen LogP contribution in [0.5, 0.6) is 0 Å². The first-order chi connectivity index (χ1) is 6.75. The molecule has 0 aromatic heterocycles. The first-order valence-corrected chi connectivity index (χ1v) is 5.09. The number of carbonyl (C=O) groups excluding carboxylic acids is 1. The molecule has 1 amide bonds. The Morgan fingerprint density at radius 2 is 2.07 bits per heavy atom. The van der Waals surface area contributed by atoms with Crippen LogP contribution in [0, 0.1) is 0 Å². The van der Waals surface area contributed by atoms with Gasteiger partial charge in [0.1, 0.15) is 5.04 Å². The molecule has 72 valence electrons. The molecule has 0 saturated carbocycles. The fraction of sp³-hybridized carbons (Fsp3) is 0.111. The fourth-order valence-electron chi connectivity index (χ4n) is 1.09. The summed E-state index contributed by atoms with van der Waals surface area (Å²) >= 11 is 1.43. The lowest BCUT2D eigenvalue weighted by Gasteiger charge is -2.11. The zero-order chi connectivity index (χ0) is 9.97. The lowest BCUT2D eigenvalue weighted by atomic mass is 10.2. The number of benzene rings is 1. The lowest BCUT2D eigenvalue weighted by Crippen LogP contribution is -2.26. The summed E-state index contributed by atoms with van der Waals surface area (Å²) in [5.74, 6) is 0.359. The highest BCUT2D eigenvalue weighted by atomic mass is 32.2. The van der Waals surface area contributed by atoms with Gasteiger partial charge in [0.15, 0.2) is 0 Å². The van der Waals surface area contributed by atoms with Crippen molar-refractivity contribution in [2.75, 3.05) is 11.5 Å².